The summed E-state index contributed by atoms with van der Waals surface area (Å²) in [6.45, 7) is 12.6. The van der Waals surface area contributed by atoms with E-state index in [2.05, 4.69) is 33.0 Å². The van der Waals surface area contributed by atoms with E-state index in [0.29, 0.717) is 30.1 Å². The zero-order chi connectivity index (χ0) is 13.5. The van der Waals surface area contributed by atoms with Crippen LogP contribution in [0, 0.1) is 17.8 Å². The first-order chi connectivity index (χ1) is 8.54. The number of rotatable bonds is 6. The molecule has 0 saturated carbocycles. The zero-order valence-corrected chi connectivity index (χ0v) is 13.8. The van der Waals surface area contributed by atoms with Crippen LogP contribution >= 0.6 is 12.4 Å². The maximum Gasteiger partial charge on any atom is 0.222 e. The third-order valence-electron chi connectivity index (χ3n) is 3.96. The number of hydrogen-bond donors (Lipinski definition) is 1. The van der Waals surface area contributed by atoms with Crippen LogP contribution in [0.5, 0.6) is 0 Å². The van der Waals surface area contributed by atoms with E-state index in [1.807, 2.05) is 4.90 Å². The molecule has 2 atom stereocenters. The lowest BCUT2D eigenvalue weighted by Gasteiger charge is -2.30. The maximum atomic E-state index is 12.3. The molecule has 1 saturated heterocycles. The van der Waals surface area contributed by atoms with Crippen LogP contribution in [0.2, 0.25) is 0 Å². The molecule has 1 fully saturated rings. The molecular weight excluding hydrogens is 260 g/mol. The van der Waals surface area contributed by atoms with Crippen LogP contribution < -0.4 is 5.32 Å². The fourth-order valence-electron chi connectivity index (χ4n) is 2.78. The zero-order valence-electron chi connectivity index (χ0n) is 12.9. The summed E-state index contributed by atoms with van der Waals surface area (Å²) in [7, 11) is 0. The molecule has 1 amide bonds. The number of nitrogens with zero attached hydrogens (tertiary/aromatic N) is 1. The molecule has 3 nitrogen and oxygen atoms in total. The van der Waals surface area contributed by atoms with E-state index in [-0.39, 0.29) is 12.4 Å². The van der Waals surface area contributed by atoms with Gasteiger partial charge in [-0.15, -0.1) is 12.4 Å². The predicted molar refractivity (Wildman–Crippen MR) is 83.7 cm³/mol. The third-order valence-corrected chi connectivity index (χ3v) is 3.96. The van der Waals surface area contributed by atoms with Gasteiger partial charge in [-0.05, 0) is 50.6 Å². The smallest absolute Gasteiger partial charge is 0.222 e. The Morgan fingerprint density at radius 1 is 1.37 bits per heavy atom. The van der Waals surface area contributed by atoms with E-state index >= 15 is 0 Å². The largest absolute Gasteiger partial charge is 0.343 e. The van der Waals surface area contributed by atoms with Gasteiger partial charge in [0.2, 0.25) is 5.91 Å². The van der Waals surface area contributed by atoms with E-state index in [1.54, 1.807) is 0 Å². The molecule has 0 bridgehead atoms. The van der Waals surface area contributed by atoms with Crippen LogP contribution in [-0.2, 0) is 4.79 Å². The Hall–Kier alpha value is -0.280. The van der Waals surface area contributed by atoms with Crippen molar-refractivity contribution in [2.45, 2.75) is 47.0 Å². The third kappa shape index (κ3) is 6.62. The van der Waals surface area contributed by atoms with Gasteiger partial charge in [-0.1, -0.05) is 20.8 Å². The predicted octanol–water partition coefficient (Wildman–Crippen LogP) is 2.94. The minimum atomic E-state index is 0. The van der Waals surface area contributed by atoms with Gasteiger partial charge in [-0.2, -0.15) is 0 Å². The minimum absolute atomic E-state index is 0. The first kappa shape index (κ1) is 18.7. The molecule has 1 heterocycles. The molecule has 2 unspecified atom stereocenters. The molecule has 4 heteroatoms. The molecule has 0 aromatic rings. The fraction of sp³-hybridized carbons (Fsp3) is 0.933. The SMILES string of the molecule is CCN(CC(C)C)C(=O)CC(C)C1CCCNC1.Cl. The Labute approximate surface area is 124 Å². The monoisotopic (exact) mass is 290 g/mol. The van der Waals surface area contributed by atoms with Crippen LogP contribution in [0.3, 0.4) is 0 Å². The molecule has 1 aliphatic heterocycles. The lowest BCUT2D eigenvalue weighted by molar-refractivity contribution is -0.132. The van der Waals surface area contributed by atoms with Crippen molar-refractivity contribution in [2.24, 2.45) is 17.8 Å². The van der Waals surface area contributed by atoms with Crippen LogP contribution in [0.15, 0.2) is 0 Å². The van der Waals surface area contributed by atoms with E-state index in [9.17, 15) is 4.79 Å². The molecule has 0 aromatic carbocycles. The maximum absolute atomic E-state index is 12.3. The van der Waals surface area contributed by atoms with Crippen molar-refractivity contribution in [3.05, 3.63) is 0 Å². The number of nitrogens with one attached hydrogen (secondary N) is 1. The molecular formula is C15H31ClN2O. The standard InChI is InChI=1S/C15H30N2O.ClH/c1-5-17(11-12(2)3)15(18)9-13(4)14-7-6-8-16-10-14;/h12-14,16H,5-11H2,1-4H3;1H. The van der Waals surface area contributed by atoms with Crippen molar-refractivity contribution in [1.82, 2.24) is 10.2 Å². The summed E-state index contributed by atoms with van der Waals surface area (Å²) in [6.07, 6.45) is 3.25. The van der Waals surface area contributed by atoms with E-state index in [4.69, 9.17) is 0 Å². The van der Waals surface area contributed by atoms with Crippen molar-refractivity contribution >= 4 is 18.3 Å². The first-order valence-electron chi connectivity index (χ1n) is 7.53. The van der Waals surface area contributed by atoms with Gasteiger partial charge in [0.1, 0.15) is 0 Å². The highest BCUT2D eigenvalue weighted by molar-refractivity contribution is 5.85. The van der Waals surface area contributed by atoms with Crippen LogP contribution in [-0.4, -0.2) is 37.0 Å². The number of hydrogen-bond acceptors (Lipinski definition) is 2. The lowest BCUT2D eigenvalue weighted by atomic mass is 9.85. The summed E-state index contributed by atoms with van der Waals surface area (Å²) >= 11 is 0. The van der Waals surface area contributed by atoms with Crippen molar-refractivity contribution in [3.8, 4) is 0 Å². The number of carbonyl (C=O) groups is 1. The van der Waals surface area contributed by atoms with Gasteiger partial charge in [0.15, 0.2) is 0 Å². The molecule has 0 aliphatic carbocycles. The Morgan fingerprint density at radius 2 is 2.05 bits per heavy atom. The summed E-state index contributed by atoms with van der Waals surface area (Å²) in [6, 6.07) is 0. The van der Waals surface area contributed by atoms with E-state index < -0.39 is 0 Å². The second-order valence-corrected chi connectivity index (χ2v) is 6.11. The second kappa shape index (κ2) is 9.60. The Kier molecular flexibility index (Phi) is 9.46. The average Bonchev–Trinajstić information content (AvgIpc) is 2.36. The number of piperidine rings is 1. The summed E-state index contributed by atoms with van der Waals surface area (Å²) in [5.41, 5.74) is 0. The lowest BCUT2D eigenvalue weighted by Crippen LogP contribution is -2.38. The Bertz CT molecular complexity index is 253. The first-order valence-corrected chi connectivity index (χ1v) is 7.53. The minimum Gasteiger partial charge on any atom is -0.343 e. The molecule has 0 spiro atoms. The van der Waals surface area contributed by atoms with Gasteiger partial charge in [0.25, 0.3) is 0 Å². The number of amides is 1. The van der Waals surface area contributed by atoms with Crippen molar-refractivity contribution in [1.29, 1.82) is 0 Å². The number of halogens is 1. The molecule has 1 N–H and O–H groups in total. The molecule has 1 aliphatic rings. The van der Waals surface area contributed by atoms with Gasteiger partial charge in [-0.3, -0.25) is 4.79 Å². The molecule has 0 radical (unpaired) electrons. The highest BCUT2D eigenvalue weighted by Crippen LogP contribution is 2.23. The normalized spacial score (nSPS) is 20.8. The fourth-order valence-corrected chi connectivity index (χ4v) is 2.78. The quantitative estimate of drug-likeness (QED) is 0.816. The van der Waals surface area contributed by atoms with Crippen molar-refractivity contribution in [2.75, 3.05) is 26.2 Å². The number of carbonyl (C=O) groups excluding carboxylic acids is 1. The van der Waals surface area contributed by atoms with Crippen molar-refractivity contribution in [3.63, 3.8) is 0 Å². The summed E-state index contributed by atoms with van der Waals surface area (Å²) in [5.74, 6) is 2.08. The van der Waals surface area contributed by atoms with Gasteiger partial charge in [0, 0.05) is 19.5 Å². The van der Waals surface area contributed by atoms with E-state index in [0.717, 1.165) is 26.2 Å². The summed E-state index contributed by atoms with van der Waals surface area (Å²) in [4.78, 5) is 14.3. The van der Waals surface area contributed by atoms with Gasteiger partial charge >= 0.3 is 0 Å². The molecule has 0 aromatic heterocycles. The second-order valence-electron chi connectivity index (χ2n) is 6.11. The van der Waals surface area contributed by atoms with Gasteiger partial charge in [-0.25, -0.2) is 0 Å². The van der Waals surface area contributed by atoms with Crippen LogP contribution in [0.4, 0.5) is 0 Å². The highest BCUT2D eigenvalue weighted by Gasteiger charge is 2.24. The van der Waals surface area contributed by atoms with Gasteiger partial charge in [0.05, 0.1) is 0 Å². The Balaban J connectivity index is 0.00000324. The molecule has 1 rings (SSSR count). The van der Waals surface area contributed by atoms with Crippen LogP contribution in [0.1, 0.15) is 47.0 Å². The molecule has 19 heavy (non-hydrogen) atoms. The van der Waals surface area contributed by atoms with Crippen molar-refractivity contribution < 1.29 is 4.79 Å². The van der Waals surface area contributed by atoms with Crippen LogP contribution in [0.25, 0.3) is 0 Å². The molecule has 114 valence electrons. The topological polar surface area (TPSA) is 32.3 Å². The average molecular weight is 291 g/mol. The van der Waals surface area contributed by atoms with Gasteiger partial charge < -0.3 is 10.2 Å². The summed E-state index contributed by atoms with van der Waals surface area (Å²) in [5, 5.41) is 3.44. The Morgan fingerprint density at radius 3 is 2.53 bits per heavy atom. The van der Waals surface area contributed by atoms with E-state index in [1.165, 1.54) is 12.8 Å². The summed E-state index contributed by atoms with van der Waals surface area (Å²) < 4.78 is 0. The highest BCUT2D eigenvalue weighted by atomic mass is 35.5.